The SMILES string of the molecule is C(=N/N1CCCCCC1)/c1c2ccccc2cc2ccccc12. The quantitative estimate of drug-likeness (QED) is 0.469. The van der Waals surface area contributed by atoms with E-state index < -0.39 is 0 Å². The zero-order valence-corrected chi connectivity index (χ0v) is 13.4. The fourth-order valence-corrected chi connectivity index (χ4v) is 3.50. The van der Waals surface area contributed by atoms with Crippen molar-refractivity contribution in [3.63, 3.8) is 0 Å². The van der Waals surface area contributed by atoms with E-state index in [0.29, 0.717) is 0 Å². The van der Waals surface area contributed by atoms with E-state index in [0.717, 1.165) is 13.1 Å². The van der Waals surface area contributed by atoms with Gasteiger partial charge in [-0.25, -0.2) is 0 Å². The van der Waals surface area contributed by atoms with Crippen LogP contribution in [0.3, 0.4) is 0 Å². The highest BCUT2D eigenvalue weighted by Gasteiger charge is 2.08. The second kappa shape index (κ2) is 6.41. The van der Waals surface area contributed by atoms with Crippen molar-refractivity contribution in [2.24, 2.45) is 5.10 Å². The van der Waals surface area contributed by atoms with E-state index >= 15 is 0 Å². The number of fused-ring (bicyclic) bond motifs is 2. The molecule has 1 fully saturated rings. The topological polar surface area (TPSA) is 15.6 Å². The Hall–Kier alpha value is -2.35. The monoisotopic (exact) mass is 302 g/mol. The molecule has 0 bridgehead atoms. The number of hydrazone groups is 1. The number of hydrogen-bond donors (Lipinski definition) is 0. The fourth-order valence-electron chi connectivity index (χ4n) is 3.50. The Labute approximate surface area is 137 Å². The van der Waals surface area contributed by atoms with Crippen molar-refractivity contribution in [2.75, 3.05) is 13.1 Å². The molecule has 0 amide bonds. The molecule has 3 aromatic rings. The lowest BCUT2D eigenvalue weighted by atomic mass is 9.97. The van der Waals surface area contributed by atoms with Crippen LogP contribution in [-0.2, 0) is 0 Å². The third-order valence-corrected chi connectivity index (χ3v) is 4.75. The maximum absolute atomic E-state index is 4.82. The molecule has 0 spiro atoms. The first kappa shape index (κ1) is 14.3. The van der Waals surface area contributed by atoms with Crippen molar-refractivity contribution in [3.8, 4) is 0 Å². The first-order chi connectivity index (χ1) is 11.4. The fraction of sp³-hybridized carbons (Fsp3) is 0.286. The molecule has 1 aliphatic rings. The van der Waals surface area contributed by atoms with Gasteiger partial charge in [0.2, 0.25) is 0 Å². The maximum Gasteiger partial charge on any atom is 0.0555 e. The van der Waals surface area contributed by atoms with Crippen molar-refractivity contribution in [1.29, 1.82) is 0 Å². The summed E-state index contributed by atoms with van der Waals surface area (Å²) in [6, 6.07) is 19.5. The molecule has 0 radical (unpaired) electrons. The average molecular weight is 302 g/mol. The zero-order valence-electron chi connectivity index (χ0n) is 13.4. The van der Waals surface area contributed by atoms with Crippen LogP contribution in [0.5, 0.6) is 0 Å². The van der Waals surface area contributed by atoms with Gasteiger partial charge in [0, 0.05) is 18.7 Å². The number of nitrogens with zero attached hydrogens (tertiary/aromatic N) is 2. The number of hydrogen-bond acceptors (Lipinski definition) is 2. The van der Waals surface area contributed by atoms with E-state index in [9.17, 15) is 0 Å². The van der Waals surface area contributed by atoms with Crippen LogP contribution in [0.1, 0.15) is 31.2 Å². The van der Waals surface area contributed by atoms with Gasteiger partial charge in [-0.15, -0.1) is 0 Å². The second-order valence-electron chi connectivity index (χ2n) is 6.34. The number of benzene rings is 3. The van der Waals surface area contributed by atoms with Crippen LogP contribution in [0.15, 0.2) is 59.7 Å². The van der Waals surface area contributed by atoms with Crippen LogP contribution >= 0.6 is 0 Å². The molecular formula is C21H22N2. The van der Waals surface area contributed by atoms with Gasteiger partial charge in [0.15, 0.2) is 0 Å². The molecule has 2 heteroatoms. The van der Waals surface area contributed by atoms with Crippen LogP contribution in [0.25, 0.3) is 21.5 Å². The summed E-state index contributed by atoms with van der Waals surface area (Å²) in [7, 11) is 0. The predicted octanol–water partition coefficient (Wildman–Crippen LogP) is 5.20. The van der Waals surface area contributed by atoms with Crippen LogP contribution in [-0.4, -0.2) is 24.3 Å². The Morgan fingerprint density at radius 3 is 1.91 bits per heavy atom. The first-order valence-corrected chi connectivity index (χ1v) is 8.61. The smallest absolute Gasteiger partial charge is 0.0555 e. The Kier molecular flexibility index (Phi) is 3.97. The van der Waals surface area contributed by atoms with E-state index in [-0.39, 0.29) is 0 Å². The summed E-state index contributed by atoms with van der Waals surface area (Å²) in [5.41, 5.74) is 1.24. The second-order valence-corrected chi connectivity index (χ2v) is 6.34. The lowest BCUT2D eigenvalue weighted by Crippen LogP contribution is -2.18. The minimum atomic E-state index is 1.08. The van der Waals surface area contributed by atoms with Crippen molar-refractivity contribution >= 4 is 27.8 Å². The Morgan fingerprint density at radius 2 is 1.30 bits per heavy atom. The van der Waals surface area contributed by atoms with Crippen LogP contribution in [0.2, 0.25) is 0 Å². The highest BCUT2D eigenvalue weighted by molar-refractivity contribution is 6.13. The Morgan fingerprint density at radius 1 is 0.739 bits per heavy atom. The van der Waals surface area contributed by atoms with Gasteiger partial charge in [-0.1, -0.05) is 61.4 Å². The lowest BCUT2D eigenvalue weighted by molar-refractivity contribution is 0.302. The first-order valence-electron chi connectivity index (χ1n) is 8.61. The van der Waals surface area contributed by atoms with E-state index in [1.54, 1.807) is 0 Å². The van der Waals surface area contributed by atoms with E-state index in [2.05, 4.69) is 65.8 Å². The predicted molar refractivity (Wildman–Crippen MR) is 99.1 cm³/mol. The van der Waals surface area contributed by atoms with Gasteiger partial charge in [0.1, 0.15) is 0 Å². The molecule has 2 nitrogen and oxygen atoms in total. The molecule has 0 aromatic heterocycles. The third-order valence-electron chi connectivity index (χ3n) is 4.75. The van der Waals surface area contributed by atoms with Crippen molar-refractivity contribution in [3.05, 3.63) is 60.2 Å². The van der Waals surface area contributed by atoms with Crippen molar-refractivity contribution in [1.82, 2.24) is 5.01 Å². The lowest BCUT2D eigenvalue weighted by Gasteiger charge is -2.16. The maximum atomic E-state index is 4.82. The van der Waals surface area contributed by atoms with Crippen molar-refractivity contribution < 1.29 is 0 Å². The van der Waals surface area contributed by atoms with Gasteiger partial charge in [-0.2, -0.15) is 5.10 Å². The van der Waals surface area contributed by atoms with E-state index in [4.69, 9.17) is 5.10 Å². The van der Waals surface area contributed by atoms with Crippen LogP contribution < -0.4 is 0 Å². The summed E-state index contributed by atoms with van der Waals surface area (Å²) < 4.78 is 0. The molecule has 1 saturated heterocycles. The molecule has 4 rings (SSSR count). The zero-order chi connectivity index (χ0) is 15.5. The molecule has 1 aliphatic heterocycles. The molecular weight excluding hydrogens is 280 g/mol. The molecule has 116 valence electrons. The van der Waals surface area contributed by atoms with E-state index in [1.807, 2.05) is 0 Å². The molecule has 23 heavy (non-hydrogen) atoms. The summed E-state index contributed by atoms with van der Waals surface area (Å²) in [6.45, 7) is 2.17. The molecule has 0 unspecified atom stereocenters. The van der Waals surface area contributed by atoms with Crippen LogP contribution in [0.4, 0.5) is 0 Å². The summed E-state index contributed by atoms with van der Waals surface area (Å²) >= 11 is 0. The molecule has 0 atom stereocenters. The highest BCUT2D eigenvalue weighted by atomic mass is 15.4. The van der Waals surface area contributed by atoms with Crippen LogP contribution in [0, 0.1) is 0 Å². The summed E-state index contributed by atoms with van der Waals surface area (Å²) in [5.74, 6) is 0. The molecule has 0 aliphatic carbocycles. The van der Waals surface area contributed by atoms with E-state index in [1.165, 1.54) is 52.8 Å². The number of rotatable bonds is 2. The van der Waals surface area contributed by atoms with Crippen molar-refractivity contribution in [2.45, 2.75) is 25.7 Å². The third kappa shape index (κ3) is 2.94. The molecule has 1 heterocycles. The standard InChI is InChI=1S/C21H22N2/c1-2-8-14-23(13-7-1)22-16-21-19-11-5-3-9-17(19)15-18-10-4-6-12-20(18)21/h3-6,9-12,15-16H,1-2,7-8,13-14H2/b22-16-. The van der Waals surface area contributed by atoms with Gasteiger partial charge in [-0.3, -0.25) is 5.01 Å². The molecule has 3 aromatic carbocycles. The minimum absolute atomic E-state index is 1.08. The average Bonchev–Trinajstić information content (AvgIpc) is 2.87. The largest absolute Gasteiger partial charge is 0.297 e. The Balaban J connectivity index is 1.82. The van der Waals surface area contributed by atoms with Gasteiger partial charge in [-0.05, 0) is 40.5 Å². The van der Waals surface area contributed by atoms with Gasteiger partial charge < -0.3 is 0 Å². The van der Waals surface area contributed by atoms with Gasteiger partial charge in [0.25, 0.3) is 0 Å². The molecule has 0 saturated carbocycles. The Bertz CT molecular complexity index is 789. The highest BCUT2D eigenvalue weighted by Crippen LogP contribution is 2.27. The van der Waals surface area contributed by atoms with Gasteiger partial charge in [0.05, 0.1) is 6.21 Å². The summed E-state index contributed by atoms with van der Waals surface area (Å²) in [5, 5.41) is 12.2. The normalized spacial score (nSPS) is 16.3. The minimum Gasteiger partial charge on any atom is -0.297 e. The summed E-state index contributed by atoms with van der Waals surface area (Å²) in [6.07, 6.45) is 7.27. The van der Waals surface area contributed by atoms with Gasteiger partial charge >= 0.3 is 0 Å². The summed E-state index contributed by atoms with van der Waals surface area (Å²) in [4.78, 5) is 0. The molecule has 0 N–H and O–H groups in total.